The average Bonchev–Trinajstić information content (AvgIpc) is 2.30. The molecule has 0 aromatic heterocycles. The van der Waals surface area contributed by atoms with Gasteiger partial charge in [-0.3, -0.25) is 0 Å². The van der Waals surface area contributed by atoms with Gasteiger partial charge in [0.25, 0.3) is 0 Å². The van der Waals surface area contributed by atoms with E-state index in [2.05, 4.69) is 6.58 Å². The smallest absolute Gasteiger partial charge is 0.334 e. The highest BCUT2D eigenvalue weighted by Crippen LogP contribution is 2.37. The summed E-state index contributed by atoms with van der Waals surface area (Å²) in [5, 5.41) is 0. The fourth-order valence-corrected chi connectivity index (χ4v) is 2.00. The Morgan fingerprint density at radius 1 is 1.36 bits per heavy atom. The number of carbonyl (C=O) groups is 1. The first-order valence-electron chi connectivity index (χ1n) is 4.19. The molecular weight excluding hydrogens is 140 g/mol. The lowest BCUT2D eigenvalue weighted by Crippen LogP contribution is -2.20. The Kier molecular flexibility index (Phi) is 1.48. The highest BCUT2D eigenvalue weighted by Gasteiger charge is 2.39. The molecule has 2 nitrogen and oxygen atoms in total. The molecule has 1 aliphatic heterocycles. The molecule has 0 radical (unpaired) electrons. The van der Waals surface area contributed by atoms with E-state index >= 15 is 0 Å². The number of carbonyl (C=O) groups excluding carboxylic acids is 1. The summed E-state index contributed by atoms with van der Waals surface area (Å²) in [5.41, 5.74) is 0.703. The fraction of sp³-hybridized carbons (Fsp3) is 0.667. The van der Waals surface area contributed by atoms with Gasteiger partial charge in [-0.05, 0) is 19.3 Å². The molecule has 1 saturated carbocycles. The third-order valence-corrected chi connectivity index (χ3v) is 2.67. The maximum absolute atomic E-state index is 11.0. The monoisotopic (exact) mass is 152 g/mol. The van der Waals surface area contributed by atoms with Crippen molar-refractivity contribution in [3.8, 4) is 0 Å². The van der Waals surface area contributed by atoms with E-state index in [1.54, 1.807) is 0 Å². The van der Waals surface area contributed by atoms with Crippen LogP contribution in [0.2, 0.25) is 0 Å². The molecule has 0 amide bonds. The molecule has 0 spiro atoms. The van der Waals surface area contributed by atoms with Crippen LogP contribution < -0.4 is 0 Å². The molecule has 2 aliphatic rings. The van der Waals surface area contributed by atoms with Crippen LogP contribution in [0.4, 0.5) is 0 Å². The fourth-order valence-electron chi connectivity index (χ4n) is 2.00. The zero-order chi connectivity index (χ0) is 7.84. The Labute approximate surface area is 66.2 Å². The molecule has 60 valence electrons. The van der Waals surface area contributed by atoms with Gasteiger partial charge in [0, 0.05) is 11.5 Å². The van der Waals surface area contributed by atoms with Crippen molar-refractivity contribution in [1.29, 1.82) is 0 Å². The Hall–Kier alpha value is -0.790. The van der Waals surface area contributed by atoms with Crippen molar-refractivity contribution < 1.29 is 9.53 Å². The van der Waals surface area contributed by atoms with Gasteiger partial charge in [-0.2, -0.15) is 0 Å². The Balaban J connectivity index is 2.18. The maximum atomic E-state index is 11.0. The van der Waals surface area contributed by atoms with E-state index in [1.807, 2.05) is 0 Å². The molecule has 0 bridgehead atoms. The maximum Gasteiger partial charge on any atom is 0.334 e. The van der Waals surface area contributed by atoms with Gasteiger partial charge >= 0.3 is 5.97 Å². The second kappa shape index (κ2) is 2.36. The van der Waals surface area contributed by atoms with Crippen LogP contribution in [-0.4, -0.2) is 12.1 Å². The van der Waals surface area contributed by atoms with E-state index in [0.29, 0.717) is 11.5 Å². The molecular formula is C9H12O2. The minimum atomic E-state index is -0.165. The third kappa shape index (κ3) is 0.971. The SMILES string of the molecule is C=C1C(=O)O[C@@H]2CCCC[C@@H]12. The number of esters is 1. The predicted molar refractivity (Wildman–Crippen MR) is 41.0 cm³/mol. The molecule has 1 heterocycles. The zero-order valence-electron chi connectivity index (χ0n) is 6.51. The lowest BCUT2D eigenvalue weighted by atomic mass is 9.84. The Morgan fingerprint density at radius 3 is 2.82 bits per heavy atom. The van der Waals surface area contributed by atoms with Crippen molar-refractivity contribution in [2.24, 2.45) is 5.92 Å². The van der Waals surface area contributed by atoms with Gasteiger partial charge < -0.3 is 4.74 Å². The van der Waals surface area contributed by atoms with E-state index in [1.165, 1.54) is 12.8 Å². The van der Waals surface area contributed by atoms with Gasteiger partial charge in [-0.15, -0.1) is 0 Å². The van der Waals surface area contributed by atoms with Gasteiger partial charge in [0.2, 0.25) is 0 Å². The van der Waals surface area contributed by atoms with Crippen molar-refractivity contribution in [1.82, 2.24) is 0 Å². The minimum Gasteiger partial charge on any atom is -0.458 e. The first-order valence-corrected chi connectivity index (χ1v) is 4.19. The minimum absolute atomic E-state index is 0.165. The quantitative estimate of drug-likeness (QED) is 0.390. The summed E-state index contributed by atoms with van der Waals surface area (Å²) >= 11 is 0. The lowest BCUT2D eigenvalue weighted by Gasteiger charge is -2.22. The van der Waals surface area contributed by atoms with Gasteiger partial charge in [-0.1, -0.05) is 13.0 Å². The average molecular weight is 152 g/mol. The standard InChI is InChI=1S/C9H12O2/c1-6-7-4-2-3-5-8(7)11-9(6)10/h7-8H,1-5H2/t7-,8+/m0/s1. The van der Waals surface area contributed by atoms with Crippen molar-refractivity contribution >= 4 is 5.97 Å². The van der Waals surface area contributed by atoms with Crippen molar-refractivity contribution in [3.05, 3.63) is 12.2 Å². The van der Waals surface area contributed by atoms with Crippen molar-refractivity contribution in [3.63, 3.8) is 0 Å². The highest BCUT2D eigenvalue weighted by atomic mass is 16.6. The summed E-state index contributed by atoms with van der Waals surface area (Å²) in [6.07, 6.45) is 4.72. The van der Waals surface area contributed by atoms with Crippen LogP contribution in [0.5, 0.6) is 0 Å². The molecule has 2 fully saturated rings. The normalized spacial score (nSPS) is 36.7. The topological polar surface area (TPSA) is 26.3 Å². The lowest BCUT2D eigenvalue weighted by molar-refractivity contribution is -0.139. The predicted octanol–water partition coefficient (Wildman–Crippen LogP) is 1.66. The van der Waals surface area contributed by atoms with E-state index in [-0.39, 0.29) is 12.1 Å². The summed E-state index contributed by atoms with van der Waals surface area (Å²) in [6, 6.07) is 0. The summed E-state index contributed by atoms with van der Waals surface area (Å²) in [4.78, 5) is 11.0. The van der Waals surface area contributed by atoms with Crippen LogP contribution in [-0.2, 0) is 9.53 Å². The summed E-state index contributed by atoms with van der Waals surface area (Å²) in [5.74, 6) is 0.179. The van der Waals surface area contributed by atoms with Gasteiger partial charge in [0.15, 0.2) is 0 Å². The molecule has 1 aliphatic carbocycles. The van der Waals surface area contributed by atoms with Crippen molar-refractivity contribution in [2.75, 3.05) is 0 Å². The van der Waals surface area contributed by atoms with Gasteiger partial charge in [0.1, 0.15) is 6.10 Å². The molecule has 0 aromatic rings. The number of hydrogen-bond acceptors (Lipinski definition) is 2. The highest BCUT2D eigenvalue weighted by molar-refractivity contribution is 5.90. The van der Waals surface area contributed by atoms with Gasteiger partial charge in [-0.25, -0.2) is 4.79 Å². The number of ether oxygens (including phenoxy) is 1. The van der Waals surface area contributed by atoms with E-state index in [0.717, 1.165) is 12.8 Å². The second-order valence-electron chi connectivity index (χ2n) is 3.36. The van der Waals surface area contributed by atoms with E-state index in [9.17, 15) is 4.79 Å². The third-order valence-electron chi connectivity index (χ3n) is 2.67. The first kappa shape index (κ1) is 6.89. The molecule has 0 N–H and O–H groups in total. The number of hydrogen-bond donors (Lipinski definition) is 0. The summed E-state index contributed by atoms with van der Waals surface area (Å²) in [7, 11) is 0. The molecule has 1 saturated heterocycles. The van der Waals surface area contributed by atoms with Crippen molar-refractivity contribution in [2.45, 2.75) is 31.8 Å². The second-order valence-corrected chi connectivity index (χ2v) is 3.36. The Bertz CT molecular complexity index is 208. The Morgan fingerprint density at radius 2 is 2.09 bits per heavy atom. The van der Waals surface area contributed by atoms with E-state index in [4.69, 9.17) is 4.74 Å². The van der Waals surface area contributed by atoms with Gasteiger partial charge in [0.05, 0.1) is 0 Å². The van der Waals surface area contributed by atoms with Crippen LogP contribution >= 0.6 is 0 Å². The number of rotatable bonds is 0. The van der Waals surface area contributed by atoms with E-state index < -0.39 is 0 Å². The first-order chi connectivity index (χ1) is 5.29. The van der Waals surface area contributed by atoms with Crippen LogP contribution in [0.15, 0.2) is 12.2 Å². The zero-order valence-corrected chi connectivity index (χ0v) is 6.51. The molecule has 0 aromatic carbocycles. The van der Waals surface area contributed by atoms with Crippen LogP contribution in [0.1, 0.15) is 25.7 Å². The van der Waals surface area contributed by atoms with Crippen LogP contribution in [0.3, 0.4) is 0 Å². The molecule has 0 unspecified atom stereocenters. The largest absolute Gasteiger partial charge is 0.458 e. The van der Waals surface area contributed by atoms with Crippen LogP contribution in [0, 0.1) is 5.92 Å². The van der Waals surface area contributed by atoms with Crippen LogP contribution in [0.25, 0.3) is 0 Å². The molecule has 2 rings (SSSR count). The molecule has 2 atom stereocenters. The number of fused-ring (bicyclic) bond motifs is 1. The molecule has 11 heavy (non-hydrogen) atoms. The summed E-state index contributed by atoms with van der Waals surface area (Å²) in [6.45, 7) is 3.74. The summed E-state index contributed by atoms with van der Waals surface area (Å²) < 4.78 is 5.14. The molecule has 2 heteroatoms.